The van der Waals surface area contributed by atoms with Gasteiger partial charge in [0.15, 0.2) is 0 Å². The summed E-state index contributed by atoms with van der Waals surface area (Å²) in [5, 5.41) is 20.8. The predicted octanol–water partition coefficient (Wildman–Crippen LogP) is 4.80. The molecular weight excluding hydrogens is 398 g/mol. The summed E-state index contributed by atoms with van der Waals surface area (Å²) in [5.74, 6) is -1.43. The van der Waals surface area contributed by atoms with E-state index in [9.17, 15) is 14.7 Å². The molecule has 7 heteroatoms. The Bertz CT molecular complexity index is 1290. The molecule has 1 heterocycles. The van der Waals surface area contributed by atoms with E-state index in [0.29, 0.717) is 27.3 Å². The Morgan fingerprint density at radius 2 is 1.60 bits per heavy atom. The van der Waals surface area contributed by atoms with E-state index >= 15 is 0 Å². The van der Waals surface area contributed by atoms with Crippen LogP contribution in [0.5, 0.6) is 0 Å². The number of nitrogens with two attached hydrogens (primary N) is 1. The maximum Gasteiger partial charge on any atom is 0.336 e. The first kappa shape index (κ1) is 19.4. The zero-order valence-corrected chi connectivity index (χ0v) is 16.5. The molecule has 0 unspecified atom stereocenters. The van der Waals surface area contributed by atoms with Crippen molar-refractivity contribution in [3.63, 3.8) is 0 Å². The van der Waals surface area contributed by atoms with Crippen LogP contribution in [0.3, 0.4) is 0 Å². The number of nitrogens with one attached hydrogen (secondary N) is 2. The lowest BCUT2D eigenvalue weighted by molar-refractivity contribution is 0.0697. The van der Waals surface area contributed by atoms with Gasteiger partial charge in [-0.1, -0.05) is 36.4 Å². The number of carboxylic acids is 1. The monoisotopic (exact) mass is 415 g/mol. The van der Waals surface area contributed by atoms with Crippen molar-refractivity contribution < 1.29 is 14.7 Å². The number of carbonyl (C=O) groups is 2. The summed E-state index contributed by atoms with van der Waals surface area (Å²) in [4.78, 5) is 25.4. The Labute approximate surface area is 176 Å². The number of amides is 1. The first-order valence-corrected chi connectivity index (χ1v) is 9.87. The number of carbonyl (C=O) groups excluding carboxylic acids is 1. The highest BCUT2D eigenvalue weighted by Crippen LogP contribution is 2.40. The number of hydrogen-bond acceptors (Lipinski definition) is 4. The predicted molar refractivity (Wildman–Crippen MR) is 120 cm³/mol. The summed E-state index contributed by atoms with van der Waals surface area (Å²) < 4.78 is 0.893. The Morgan fingerprint density at radius 1 is 0.933 bits per heavy atom. The Morgan fingerprint density at radius 3 is 2.30 bits per heavy atom. The van der Waals surface area contributed by atoms with Crippen molar-refractivity contribution in [3.05, 3.63) is 88.8 Å². The van der Waals surface area contributed by atoms with Crippen LogP contribution in [0.25, 0.3) is 21.2 Å². The molecule has 0 radical (unpaired) electrons. The minimum Gasteiger partial charge on any atom is -0.478 e. The SMILES string of the molecule is N=C(N)c1ccc(NC(=O)c2sc3ccccc3c2-c2ccccc2C(=O)O)cc1. The van der Waals surface area contributed by atoms with Gasteiger partial charge in [-0.3, -0.25) is 10.2 Å². The van der Waals surface area contributed by atoms with E-state index in [1.54, 1.807) is 42.5 Å². The van der Waals surface area contributed by atoms with E-state index in [0.717, 1.165) is 10.1 Å². The number of aromatic carboxylic acids is 1. The van der Waals surface area contributed by atoms with Crippen LogP contribution < -0.4 is 11.1 Å². The summed E-state index contributed by atoms with van der Waals surface area (Å²) in [7, 11) is 0. The first-order chi connectivity index (χ1) is 14.5. The van der Waals surface area contributed by atoms with Crippen molar-refractivity contribution in [2.75, 3.05) is 5.32 Å². The third-order valence-corrected chi connectivity index (χ3v) is 5.85. The number of thiophene rings is 1. The van der Waals surface area contributed by atoms with Crippen molar-refractivity contribution in [3.8, 4) is 11.1 Å². The molecule has 1 amide bonds. The first-order valence-electron chi connectivity index (χ1n) is 9.05. The summed E-state index contributed by atoms with van der Waals surface area (Å²) in [6.07, 6.45) is 0. The van der Waals surface area contributed by atoms with E-state index < -0.39 is 5.97 Å². The molecule has 0 saturated heterocycles. The van der Waals surface area contributed by atoms with Gasteiger partial charge in [-0.05, 0) is 42.0 Å². The van der Waals surface area contributed by atoms with Crippen molar-refractivity contribution in [1.29, 1.82) is 5.41 Å². The Balaban J connectivity index is 1.82. The van der Waals surface area contributed by atoms with Crippen molar-refractivity contribution in [1.82, 2.24) is 0 Å². The molecule has 5 N–H and O–H groups in total. The van der Waals surface area contributed by atoms with Crippen molar-refractivity contribution in [2.45, 2.75) is 0 Å². The highest BCUT2D eigenvalue weighted by atomic mass is 32.1. The molecule has 0 saturated carbocycles. The lowest BCUT2D eigenvalue weighted by atomic mass is 9.96. The summed E-state index contributed by atoms with van der Waals surface area (Å²) in [6, 6.07) is 20.9. The molecule has 0 aliphatic rings. The Hall–Kier alpha value is -3.97. The van der Waals surface area contributed by atoms with Gasteiger partial charge in [-0.2, -0.15) is 0 Å². The van der Waals surface area contributed by atoms with Gasteiger partial charge >= 0.3 is 5.97 Å². The largest absolute Gasteiger partial charge is 0.478 e. The van der Waals surface area contributed by atoms with Gasteiger partial charge in [0.2, 0.25) is 0 Å². The molecule has 1 aromatic heterocycles. The molecule has 148 valence electrons. The van der Waals surface area contributed by atoms with Crippen LogP contribution in [0.2, 0.25) is 0 Å². The third-order valence-electron chi connectivity index (χ3n) is 4.68. The fourth-order valence-electron chi connectivity index (χ4n) is 3.28. The normalized spacial score (nSPS) is 10.7. The topological polar surface area (TPSA) is 116 Å². The molecule has 4 aromatic rings. The number of benzene rings is 3. The molecule has 4 rings (SSSR count). The number of anilines is 1. The number of fused-ring (bicyclic) bond motifs is 1. The van der Waals surface area contributed by atoms with Gasteiger partial charge in [-0.25, -0.2) is 4.79 Å². The van der Waals surface area contributed by atoms with Gasteiger partial charge in [0, 0.05) is 26.9 Å². The van der Waals surface area contributed by atoms with Crippen LogP contribution >= 0.6 is 11.3 Å². The van der Waals surface area contributed by atoms with E-state index in [1.807, 2.05) is 24.3 Å². The fourth-order valence-corrected chi connectivity index (χ4v) is 4.39. The van der Waals surface area contributed by atoms with Crippen LogP contribution in [-0.4, -0.2) is 22.8 Å². The molecule has 30 heavy (non-hydrogen) atoms. The second-order valence-electron chi connectivity index (χ2n) is 6.60. The van der Waals surface area contributed by atoms with Crippen LogP contribution in [0.4, 0.5) is 5.69 Å². The van der Waals surface area contributed by atoms with Crippen molar-refractivity contribution >= 4 is 44.8 Å². The highest BCUT2D eigenvalue weighted by molar-refractivity contribution is 7.21. The molecular formula is C23H17N3O3S. The number of rotatable bonds is 5. The van der Waals surface area contributed by atoms with Crippen LogP contribution in [0.15, 0.2) is 72.8 Å². The van der Waals surface area contributed by atoms with Gasteiger partial charge in [0.25, 0.3) is 5.91 Å². The van der Waals surface area contributed by atoms with E-state index in [4.69, 9.17) is 11.1 Å². The van der Waals surface area contributed by atoms with Crippen LogP contribution in [0.1, 0.15) is 25.6 Å². The van der Waals surface area contributed by atoms with Gasteiger partial charge < -0.3 is 16.2 Å². The molecule has 0 atom stereocenters. The highest BCUT2D eigenvalue weighted by Gasteiger charge is 2.23. The molecule has 3 aromatic carbocycles. The number of hydrogen-bond donors (Lipinski definition) is 4. The lowest BCUT2D eigenvalue weighted by Gasteiger charge is -2.10. The van der Waals surface area contributed by atoms with Crippen molar-refractivity contribution in [2.24, 2.45) is 5.73 Å². The zero-order valence-electron chi connectivity index (χ0n) is 15.7. The van der Waals surface area contributed by atoms with Gasteiger partial charge in [0.1, 0.15) is 10.7 Å². The quantitative estimate of drug-likeness (QED) is 0.277. The van der Waals surface area contributed by atoms with E-state index in [-0.39, 0.29) is 17.3 Å². The summed E-state index contributed by atoms with van der Waals surface area (Å²) in [6.45, 7) is 0. The molecule has 0 spiro atoms. The van der Waals surface area contributed by atoms with Crippen LogP contribution in [-0.2, 0) is 0 Å². The van der Waals surface area contributed by atoms with E-state index in [2.05, 4.69) is 5.32 Å². The maximum absolute atomic E-state index is 13.2. The summed E-state index contributed by atoms with van der Waals surface area (Å²) >= 11 is 1.32. The smallest absolute Gasteiger partial charge is 0.336 e. The molecule has 6 nitrogen and oxygen atoms in total. The molecule has 0 aliphatic heterocycles. The second kappa shape index (κ2) is 7.81. The molecule has 0 fully saturated rings. The van der Waals surface area contributed by atoms with Gasteiger partial charge in [-0.15, -0.1) is 11.3 Å². The average Bonchev–Trinajstić information content (AvgIpc) is 3.13. The Kier molecular flexibility index (Phi) is 5.04. The maximum atomic E-state index is 13.2. The third kappa shape index (κ3) is 3.54. The minimum atomic E-state index is -1.05. The standard InChI is InChI=1S/C23H17N3O3S/c24-21(25)13-9-11-14(12-10-13)26-22(27)20-19(17-7-3-4-8-18(17)30-20)15-5-1-2-6-16(15)23(28)29/h1-12H,(H3,24,25)(H,26,27)(H,28,29). The van der Waals surface area contributed by atoms with Gasteiger partial charge in [0.05, 0.1) is 5.56 Å². The number of carboxylic acid groups (broad SMARTS) is 1. The molecule has 0 aliphatic carbocycles. The zero-order chi connectivity index (χ0) is 21.3. The molecule has 0 bridgehead atoms. The number of amidine groups is 1. The average molecular weight is 415 g/mol. The second-order valence-corrected chi connectivity index (χ2v) is 7.65. The summed E-state index contributed by atoms with van der Waals surface area (Å²) in [5.41, 5.74) is 7.83. The fraction of sp³-hybridized carbons (Fsp3) is 0. The van der Waals surface area contributed by atoms with Crippen LogP contribution in [0, 0.1) is 5.41 Å². The lowest BCUT2D eigenvalue weighted by Crippen LogP contribution is -2.13. The minimum absolute atomic E-state index is 0.0510. The number of nitrogen functional groups attached to an aromatic ring is 1. The van der Waals surface area contributed by atoms with E-state index in [1.165, 1.54) is 17.4 Å².